The number of unbranched alkanes of at least 4 members (excludes halogenated alkanes) is 1. The highest BCUT2D eigenvalue weighted by atomic mass is 32.2. The molecule has 2 aromatic carbocycles. The molecule has 6 N–H and O–H groups in total. The Balaban J connectivity index is 1.46. The maximum atomic E-state index is 13.4. The third-order valence-corrected chi connectivity index (χ3v) is 9.09. The zero-order chi connectivity index (χ0) is 29.4. The standard InChI is InChI=1S/C28H36N6O6S/c29-13-7-6-12-24(27(36)37)31-26(35)25(18-20-19-30-23-11-5-4-10-22(20)23)32-28(38)33-14-16-34(17-15-33)41(39,40)21-8-2-1-3-9-21/h1-5,8-11,19,24-25,30H,6-7,12-18,29H2,(H,31,35)(H,32,38)(H,36,37). The molecule has 2 heterocycles. The number of carboxylic acids is 1. The Morgan fingerprint density at radius 1 is 0.927 bits per heavy atom. The second-order valence-corrected chi connectivity index (χ2v) is 11.9. The molecule has 2 atom stereocenters. The molecule has 13 heteroatoms. The summed E-state index contributed by atoms with van der Waals surface area (Å²) in [7, 11) is -3.69. The minimum atomic E-state index is -3.69. The number of H-pyrrole nitrogens is 1. The van der Waals surface area contributed by atoms with Crippen LogP contribution < -0.4 is 16.4 Å². The van der Waals surface area contributed by atoms with E-state index in [1.807, 2.05) is 24.3 Å². The Morgan fingerprint density at radius 3 is 2.29 bits per heavy atom. The molecule has 12 nitrogen and oxygen atoms in total. The van der Waals surface area contributed by atoms with E-state index >= 15 is 0 Å². The molecule has 1 aromatic heterocycles. The van der Waals surface area contributed by atoms with E-state index in [0.29, 0.717) is 19.4 Å². The van der Waals surface area contributed by atoms with Gasteiger partial charge in [0.25, 0.3) is 0 Å². The number of hydrogen-bond donors (Lipinski definition) is 5. The van der Waals surface area contributed by atoms with Crippen LogP contribution in [0.2, 0.25) is 0 Å². The first-order chi connectivity index (χ1) is 19.7. The summed E-state index contributed by atoms with van der Waals surface area (Å²) < 4.78 is 27.3. The Labute approximate surface area is 238 Å². The predicted octanol–water partition coefficient (Wildman–Crippen LogP) is 1.49. The number of hydrogen-bond acceptors (Lipinski definition) is 6. The predicted molar refractivity (Wildman–Crippen MR) is 154 cm³/mol. The Bertz CT molecular complexity index is 1450. The molecule has 0 radical (unpaired) electrons. The number of amides is 3. The normalized spacial score (nSPS) is 15.8. The molecule has 3 aromatic rings. The van der Waals surface area contributed by atoms with Crippen molar-refractivity contribution >= 4 is 38.8 Å². The lowest BCUT2D eigenvalue weighted by Gasteiger charge is -2.34. The van der Waals surface area contributed by atoms with Crippen LogP contribution in [0, 0.1) is 0 Å². The summed E-state index contributed by atoms with van der Waals surface area (Å²) in [6.07, 6.45) is 3.26. The molecule has 0 saturated carbocycles. The Morgan fingerprint density at radius 2 is 1.61 bits per heavy atom. The van der Waals surface area contributed by atoms with Crippen LogP contribution >= 0.6 is 0 Å². The highest BCUT2D eigenvalue weighted by Gasteiger charge is 2.33. The lowest BCUT2D eigenvalue weighted by Crippen LogP contribution is -2.58. The number of sulfonamides is 1. The topological polar surface area (TPSA) is 178 Å². The lowest BCUT2D eigenvalue weighted by molar-refractivity contribution is -0.142. The minimum Gasteiger partial charge on any atom is -0.480 e. The van der Waals surface area contributed by atoms with Crippen molar-refractivity contribution in [2.45, 2.75) is 42.7 Å². The van der Waals surface area contributed by atoms with Gasteiger partial charge in [0.1, 0.15) is 12.1 Å². The van der Waals surface area contributed by atoms with Crippen LogP contribution in [0.15, 0.2) is 65.7 Å². The highest BCUT2D eigenvalue weighted by molar-refractivity contribution is 7.89. The molecule has 220 valence electrons. The number of piperazine rings is 1. The van der Waals surface area contributed by atoms with Gasteiger partial charge in [0.05, 0.1) is 4.90 Å². The first-order valence-electron chi connectivity index (χ1n) is 13.6. The van der Waals surface area contributed by atoms with Gasteiger partial charge in [-0.25, -0.2) is 18.0 Å². The monoisotopic (exact) mass is 584 g/mol. The minimum absolute atomic E-state index is 0.103. The number of aromatic amines is 1. The molecule has 41 heavy (non-hydrogen) atoms. The number of aromatic nitrogens is 1. The number of nitrogens with two attached hydrogens (primary N) is 1. The quantitative estimate of drug-likeness (QED) is 0.200. The maximum absolute atomic E-state index is 13.4. The fraction of sp³-hybridized carbons (Fsp3) is 0.393. The third kappa shape index (κ3) is 7.43. The number of carboxylic acid groups (broad SMARTS) is 1. The summed E-state index contributed by atoms with van der Waals surface area (Å²) >= 11 is 0. The van der Waals surface area contributed by atoms with Crippen LogP contribution in [0.3, 0.4) is 0 Å². The van der Waals surface area contributed by atoms with Crippen molar-refractivity contribution in [3.05, 3.63) is 66.4 Å². The number of aliphatic carboxylic acids is 1. The number of carbonyl (C=O) groups excluding carboxylic acids is 2. The van der Waals surface area contributed by atoms with Gasteiger partial charge < -0.3 is 31.4 Å². The molecular weight excluding hydrogens is 548 g/mol. The molecule has 1 saturated heterocycles. The van der Waals surface area contributed by atoms with Crippen molar-refractivity contribution in [2.75, 3.05) is 32.7 Å². The molecule has 0 bridgehead atoms. The second kappa shape index (κ2) is 13.6. The van der Waals surface area contributed by atoms with Gasteiger partial charge in [0.15, 0.2) is 0 Å². The van der Waals surface area contributed by atoms with E-state index < -0.39 is 40.0 Å². The number of carbonyl (C=O) groups is 3. The lowest BCUT2D eigenvalue weighted by atomic mass is 10.0. The molecule has 1 aliphatic rings. The van der Waals surface area contributed by atoms with E-state index in [1.165, 1.54) is 21.3 Å². The molecule has 1 fully saturated rings. The van der Waals surface area contributed by atoms with Crippen LogP contribution in [0.25, 0.3) is 10.9 Å². The summed E-state index contributed by atoms with van der Waals surface area (Å²) in [6, 6.07) is 12.9. The summed E-state index contributed by atoms with van der Waals surface area (Å²) in [4.78, 5) is 43.3. The summed E-state index contributed by atoms with van der Waals surface area (Å²) in [5.41, 5.74) is 7.18. The van der Waals surface area contributed by atoms with Crippen LogP contribution in [0.4, 0.5) is 4.79 Å². The number of nitrogens with one attached hydrogen (secondary N) is 3. The Kier molecular flexibility index (Phi) is 9.97. The SMILES string of the molecule is NCCCCC(NC(=O)C(Cc1c[nH]c2ccccc12)NC(=O)N1CCN(S(=O)(=O)c2ccccc2)CC1)C(=O)O. The first kappa shape index (κ1) is 30.0. The van der Waals surface area contributed by atoms with E-state index in [-0.39, 0.29) is 43.9 Å². The van der Waals surface area contributed by atoms with E-state index in [1.54, 1.807) is 24.4 Å². The zero-order valence-electron chi connectivity index (χ0n) is 22.7. The van der Waals surface area contributed by atoms with Gasteiger partial charge in [-0.05, 0) is 49.6 Å². The third-order valence-electron chi connectivity index (χ3n) is 7.18. The molecule has 0 aliphatic carbocycles. The molecule has 0 spiro atoms. The average molecular weight is 585 g/mol. The van der Waals surface area contributed by atoms with Crippen molar-refractivity contribution in [3.63, 3.8) is 0 Å². The van der Waals surface area contributed by atoms with Crippen molar-refractivity contribution < 1.29 is 27.9 Å². The van der Waals surface area contributed by atoms with Gasteiger partial charge in [0.2, 0.25) is 15.9 Å². The largest absolute Gasteiger partial charge is 0.480 e. The molecule has 1 aliphatic heterocycles. The van der Waals surface area contributed by atoms with E-state index in [2.05, 4.69) is 15.6 Å². The van der Waals surface area contributed by atoms with Crippen LogP contribution in [-0.2, 0) is 26.0 Å². The summed E-state index contributed by atoms with van der Waals surface area (Å²) in [5.74, 6) is -1.78. The number of rotatable bonds is 12. The zero-order valence-corrected chi connectivity index (χ0v) is 23.5. The van der Waals surface area contributed by atoms with Gasteiger partial charge in [-0.1, -0.05) is 36.4 Å². The molecule has 4 rings (SSSR count). The van der Waals surface area contributed by atoms with Crippen LogP contribution in [-0.4, -0.2) is 90.4 Å². The van der Waals surface area contributed by atoms with E-state index in [9.17, 15) is 27.9 Å². The van der Waals surface area contributed by atoms with Gasteiger partial charge >= 0.3 is 12.0 Å². The maximum Gasteiger partial charge on any atom is 0.326 e. The van der Waals surface area contributed by atoms with E-state index in [0.717, 1.165) is 16.5 Å². The van der Waals surface area contributed by atoms with Crippen molar-refractivity contribution in [2.24, 2.45) is 5.73 Å². The number of fused-ring (bicyclic) bond motifs is 1. The van der Waals surface area contributed by atoms with E-state index in [4.69, 9.17) is 5.73 Å². The molecule has 3 amide bonds. The number of benzene rings is 2. The summed E-state index contributed by atoms with van der Waals surface area (Å²) in [5, 5.41) is 15.9. The summed E-state index contributed by atoms with van der Waals surface area (Å²) in [6.45, 7) is 0.893. The van der Waals surface area contributed by atoms with Gasteiger partial charge in [-0.15, -0.1) is 0 Å². The second-order valence-electron chi connectivity index (χ2n) is 9.95. The fourth-order valence-corrected chi connectivity index (χ4v) is 6.31. The van der Waals surface area contributed by atoms with Gasteiger partial charge in [-0.2, -0.15) is 4.31 Å². The van der Waals surface area contributed by atoms with Gasteiger partial charge in [-0.3, -0.25) is 4.79 Å². The average Bonchev–Trinajstić information content (AvgIpc) is 3.39. The van der Waals surface area contributed by atoms with Crippen molar-refractivity contribution in [1.29, 1.82) is 0 Å². The molecule has 2 unspecified atom stereocenters. The smallest absolute Gasteiger partial charge is 0.326 e. The fourth-order valence-electron chi connectivity index (χ4n) is 4.87. The van der Waals surface area contributed by atoms with Gasteiger partial charge in [0, 0.05) is 49.7 Å². The van der Waals surface area contributed by atoms with Crippen LogP contribution in [0.5, 0.6) is 0 Å². The number of para-hydroxylation sites is 1. The number of urea groups is 1. The number of nitrogens with zero attached hydrogens (tertiary/aromatic N) is 2. The van der Waals surface area contributed by atoms with Crippen molar-refractivity contribution in [1.82, 2.24) is 24.8 Å². The Hall–Kier alpha value is -3.94. The van der Waals surface area contributed by atoms with Crippen LogP contribution in [0.1, 0.15) is 24.8 Å². The van der Waals surface area contributed by atoms with Crippen molar-refractivity contribution in [3.8, 4) is 0 Å². The first-order valence-corrected chi connectivity index (χ1v) is 15.0. The molecular formula is C28H36N6O6S. The highest BCUT2D eigenvalue weighted by Crippen LogP contribution is 2.20.